The van der Waals surface area contributed by atoms with Gasteiger partial charge in [-0.05, 0) is 18.2 Å². The van der Waals surface area contributed by atoms with Crippen LogP contribution in [0.25, 0.3) is 10.9 Å². The van der Waals surface area contributed by atoms with Crippen LogP contribution in [0.1, 0.15) is 12.8 Å². The fraction of sp³-hybridized carbons (Fsp3) is 0.467. The number of nitrogens with zero attached hydrogens (tertiary/aromatic N) is 3. The molecule has 1 fully saturated rings. The van der Waals surface area contributed by atoms with Gasteiger partial charge in [-0.25, -0.2) is 18.4 Å². The number of aromatic nitrogens is 2. The molecule has 10 heteroatoms. The van der Waals surface area contributed by atoms with Gasteiger partial charge in [0.25, 0.3) is 0 Å². The molecule has 2 aromatic rings. The highest BCUT2D eigenvalue weighted by atomic mass is 32.2. The molecular weight excluding hydrogens is 359 g/mol. The Morgan fingerprint density at radius 2 is 1.84 bits per heavy atom. The van der Waals surface area contributed by atoms with Crippen molar-refractivity contribution < 1.29 is 26.7 Å². The second-order valence-corrected chi connectivity index (χ2v) is 8.18. The molecule has 2 heterocycles. The SMILES string of the molecule is CS(=O)(=O)c1ccc2ncnc(N3CCC(O)(C(F)(F)F)CC3)c2c1. The zero-order chi connectivity index (χ0) is 18.5. The van der Waals surface area contributed by atoms with E-state index in [-0.39, 0.29) is 18.0 Å². The lowest BCUT2D eigenvalue weighted by Crippen LogP contribution is -2.53. The van der Waals surface area contributed by atoms with Crippen molar-refractivity contribution >= 4 is 26.6 Å². The standard InChI is InChI=1S/C15H16F3N3O3S/c1-25(23,24)10-2-3-12-11(8-10)13(20-9-19-12)21-6-4-14(22,5-7-21)15(16,17)18/h2-3,8-9,22H,4-7H2,1H3. The highest BCUT2D eigenvalue weighted by Crippen LogP contribution is 2.39. The summed E-state index contributed by atoms with van der Waals surface area (Å²) >= 11 is 0. The van der Waals surface area contributed by atoms with Gasteiger partial charge >= 0.3 is 6.18 Å². The number of halogens is 3. The first kappa shape index (κ1) is 17.9. The van der Waals surface area contributed by atoms with Gasteiger partial charge in [0, 0.05) is 37.6 Å². The molecule has 0 saturated carbocycles. The van der Waals surface area contributed by atoms with E-state index in [0.29, 0.717) is 16.7 Å². The summed E-state index contributed by atoms with van der Waals surface area (Å²) in [5.74, 6) is 0.361. The van der Waals surface area contributed by atoms with Crippen LogP contribution in [0.15, 0.2) is 29.4 Å². The minimum atomic E-state index is -4.68. The predicted octanol–water partition coefficient (Wildman–Crippen LogP) is 1.93. The number of hydrogen-bond acceptors (Lipinski definition) is 6. The average molecular weight is 375 g/mol. The molecule has 1 aliphatic heterocycles. The first-order chi connectivity index (χ1) is 11.5. The zero-order valence-corrected chi connectivity index (χ0v) is 14.1. The van der Waals surface area contributed by atoms with Gasteiger partial charge in [-0.1, -0.05) is 0 Å². The summed E-state index contributed by atoms with van der Waals surface area (Å²) in [6.07, 6.45) is -3.29. The molecule has 1 aliphatic rings. The second-order valence-electron chi connectivity index (χ2n) is 6.16. The summed E-state index contributed by atoms with van der Waals surface area (Å²) in [6.45, 7) is -0.101. The third kappa shape index (κ3) is 3.28. The maximum atomic E-state index is 12.9. The van der Waals surface area contributed by atoms with Gasteiger partial charge in [-0.3, -0.25) is 0 Å². The van der Waals surface area contributed by atoms with Gasteiger partial charge in [0.05, 0.1) is 10.4 Å². The van der Waals surface area contributed by atoms with Crippen molar-refractivity contribution in [3.05, 3.63) is 24.5 Å². The smallest absolute Gasteiger partial charge is 0.380 e. The topological polar surface area (TPSA) is 83.4 Å². The molecule has 1 N–H and O–H groups in total. The Morgan fingerprint density at radius 1 is 1.20 bits per heavy atom. The summed E-state index contributed by atoms with van der Waals surface area (Å²) in [5, 5.41) is 10.2. The molecule has 3 rings (SSSR count). The summed E-state index contributed by atoms with van der Waals surface area (Å²) in [4.78, 5) is 9.88. The van der Waals surface area contributed by atoms with Crippen LogP contribution in [0.4, 0.5) is 19.0 Å². The molecule has 0 unspecified atom stereocenters. The average Bonchev–Trinajstić information content (AvgIpc) is 2.53. The van der Waals surface area contributed by atoms with Gasteiger partial charge < -0.3 is 10.0 Å². The minimum Gasteiger partial charge on any atom is -0.380 e. The van der Waals surface area contributed by atoms with Crippen molar-refractivity contribution in [3.8, 4) is 0 Å². The molecule has 1 aromatic carbocycles. The monoisotopic (exact) mass is 375 g/mol. The van der Waals surface area contributed by atoms with Gasteiger partial charge in [0.15, 0.2) is 15.4 Å². The van der Waals surface area contributed by atoms with Crippen molar-refractivity contribution in [2.24, 2.45) is 0 Å². The Bertz CT molecular complexity index is 907. The minimum absolute atomic E-state index is 0.0504. The number of rotatable bonds is 2. The van der Waals surface area contributed by atoms with Crippen LogP contribution in [0.3, 0.4) is 0 Å². The van der Waals surface area contributed by atoms with Crippen molar-refractivity contribution in [1.29, 1.82) is 0 Å². The van der Waals surface area contributed by atoms with Crippen LogP contribution in [-0.2, 0) is 9.84 Å². The van der Waals surface area contributed by atoms with Crippen LogP contribution in [0.2, 0.25) is 0 Å². The Labute approximate surface area is 142 Å². The highest BCUT2D eigenvalue weighted by Gasteiger charge is 2.54. The first-order valence-corrected chi connectivity index (χ1v) is 9.39. The number of aliphatic hydroxyl groups is 1. The third-order valence-electron chi connectivity index (χ3n) is 4.43. The number of fused-ring (bicyclic) bond motifs is 1. The highest BCUT2D eigenvalue weighted by molar-refractivity contribution is 7.90. The largest absolute Gasteiger partial charge is 0.417 e. The predicted molar refractivity (Wildman–Crippen MR) is 85.1 cm³/mol. The normalized spacial score (nSPS) is 18.5. The fourth-order valence-corrected chi connectivity index (χ4v) is 3.52. The first-order valence-electron chi connectivity index (χ1n) is 7.50. The quantitative estimate of drug-likeness (QED) is 0.864. The number of anilines is 1. The van der Waals surface area contributed by atoms with Crippen molar-refractivity contribution in [2.75, 3.05) is 24.2 Å². The van der Waals surface area contributed by atoms with Crippen molar-refractivity contribution in [1.82, 2.24) is 9.97 Å². The molecule has 1 aromatic heterocycles. The van der Waals surface area contributed by atoms with Crippen LogP contribution < -0.4 is 4.90 Å². The summed E-state index contributed by atoms with van der Waals surface area (Å²) < 4.78 is 62.3. The molecule has 0 spiro atoms. The second kappa shape index (κ2) is 5.80. The van der Waals surface area contributed by atoms with Gasteiger partial charge in [0.1, 0.15) is 12.1 Å². The number of piperidine rings is 1. The summed E-state index contributed by atoms with van der Waals surface area (Å²) in [5.41, 5.74) is -2.21. The van der Waals surface area contributed by atoms with E-state index < -0.39 is 34.5 Å². The number of alkyl halides is 3. The van der Waals surface area contributed by atoms with Crippen LogP contribution >= 0.6 is 0 Å². The van der Waals surface area contributed by atoms with E-state index in [4.69, 9.17) is 0 Å². The van der Waals surface area contributed by atoms with E-state index in [9.17, 15) is 26.7 Å². The van der Waals surface area contributed by atoms with Crippen LogP contribution in [-0.4, -0.2) is 54.6 Å². The third-order valence-corrected chi connectivity index (χ3v) is 5.54. The fourth-order valence-electron chi connectivity index (χ4n) is 2.88. The van der Waals surface area contributed by atoms with Crippen molar-refractivity contribution in [2.45, 2.75) is 29.5 Å². The number of benzene rings is 1. The van der Waals surface area contributed by atoms with E-state index in [2.05, 4.69) is 9.97 Å². The maximum absolute atomic E-state index is 12.9. The van der Waals surface area contributed by atoms with E-state index in [1.807, 2.05) is 0 Å². The molecule has 6 nitrogen and oxygen atoms in total. The molecular formula is C15H16F3N3O3S. The summed E-state index contributed by atoms with van der Waals surface area (Å²) in [7, 11) is -3.44. The van der Waals surface area contributed by atoms with Crippen LogP contribution in [0, 0.1) is 0 Å². The zero-order valence-electron chi connectivity index (χ0n) is 13.3. The molecule has 1 saturated heterocycles. The molecule has 0 atom stereocenters. The Hall–Kier alpha value is -1.94. The summed E-state index contributed by atoms with van der Waals surface area (Å²) in [6, 6.07) is 4.38. The van der Waals surface area contributed by atoms with Gasteiger partial charge in [-0.15, -0.1) is 0 Å². The van der Waals surface area contributed by atoms with E-state index in [1.165, 1.54) is 24.5 Å². The van der Waals surface area contributed by atoms with Gasteiger partial charge in [-0.2, -0.15) is 13.2 Å². The number of hydrogen-bond donors (Lipinski definition) is 1. The molecule has 136 valence electrons. The van der Waals surface area contributed by atoms with Crippen LogP contribution in [0.5, 0.6) is 0 Å². The molecule has 25 heavy (non-hydrogen) atoms. The van der Waals surface area contributed by atoms with Gasteiger partial charge in [0.2, 0.25) is 0 Å². The van der Waals surface area contributed by atoms with E-state index in [1.54, 1.807) is 4.90 Å². The molecule has 0 amide bonds. The lowest BCUT2D eigenvalue weighted by atomic mass is 9.90. The maximum Gasteiger partial charge on any atom is 0.417 e. The molecule has 0 radical (unpaired) electrons. The Kier molecular flexibility index (Phi) is 4.15. The lowest BCUT2D eigenvalue weighted by molar-refractivity contribution is -0.266. The van der Waals surface area contributed by atoms with E-state index in [0.717, 1.165) is 6.26 Å². The van der Waals surface area contributed by atoms with Crippen molar-refractivity contribution in [3.63, 3.8) is 0 Å². The molecule has 0 aliphatic carbocycles. The molecule has 0 bridgehead atoms. The Balaban J connectivity index is 1.97. The lowest BCUT2D eigenvalue weighted by Gasteiger charge is -2.39. The van der Waals surface area contributed by atoms with E-state index >= 15 is 0 Å². The Morgan fingerprint density at radius 3 is 2.40 bits per heavy atom. The number of sulfone groups is 1.